The monoisotopic (exact) mass is 362 g/mol. The molecule has 25 heavy (non-hydrogen) atoms. The zero-order chi connectivity index (χ0) is 17.9. The highest BCUT2D eigenvalue weighted by Gasteiger charge is 2.47. The zero-order valence-corrected chi connectivity index (χ0v) is 16.4. The summed E-state index contributed by atoms with van der Waals surface area (Å²) in [6.07, 6.45) is 4.24. The first kappa shape index (κ1) is 18.9. The number of rotatable bonds is 6. The molecule has 0 bridgehead atoms. The fraction of sp³-hybridized carbons (Fsp3) is 0.667. The van der Waals surface area contributed by atoms with Crippen LogP contribution in [0.15, 0.2) is 30.3 Å². The Hall–Kier alpha value is -0.840. The van der Waals surface area contributed by atoms with E-state index < -0.39 is 0 Å². The van der Waals surface area contributed by atoms with Crippen LogP contribution in [0.25, 0.3) is 0 Å². The summed E-state index contributed by atoms with van der Waals surface area (Å²) >= 11 is 1.71. The topological polar surface area (TPSA) is 35.5 Å². The van der Waals surface area contributed by atoms with Crippen molar-refractivity contribution in [2.75, 3.05) is 6.61 Å². The average molecular weight is 363 g/mol. The van der Waals surface area contributed by atoms with E-state index in [2.05, 4.69) is 20.8 Å². The van der Waals surface area contributed by atoms with Gasteiger partial charge in [-0.25, -0.2) is 0 Å². The van der Waals surface area contributed by atoms with Crippen molar-refractivity contribution < 1.29 is 14.3 Å². The number of hydrogen-bond donors (Lipinski definition) is 0. The first-order valence-corrected chi connectivity index (χ1v) is 10.3. The van der Waals surface area contributed by atoms with Crippen LogP contribution in [0.4, 0.5) is 0 Å². The van der Waals surface area contributed by atoms with E-state index in [4.69, 9.17) is 9.47 Å². The molecule has 0 spiro atoms. The Morgan fingerprint density at radius 2 is 2.04 bits per heavy atom. The molecule has 1 heterocycles. The van der Waals surface area contributed by atoms with E-state index in [1.807, 2.05) is 30.3 Å². The van der Waals surface area contributed by atoms with Gasteiger partial charge in [0.1, 0.15) is 0 Å². The number of hydrogen-bond acceptors (Lipinski definition) is 4. The molecule has 1 aromatic carbocycles. The third-order valence-corrected chi connectivity index (χ3v) is 7.02. The van der Waals surface area contributed by atoms with Crippen LogP contribution < -0.4 is 0 Å². The molecule has 1 saturated heterocycles. The van der Waals surface area contributed by atoms with Crippen molar-refractivity contribution in [3.8, 4) is 0 Å². The molecule has 0 aromatic heterocycles. The summed E-state index contributed by atoms with van der Waals surface area (Å²) in [4.78, 5) is 12.6. The lowest BCUT2D eigenvalue weighted by Crippen LogP contribution is -2.50. The van der Waals surface area contributed by atoms with Gasteiger partial charge < -0.3 is 9.47 Å². The number of benzene rings is 1. The lowest BCUT2D eigenvalue weighted by molar-refractivity contribution is -0.135. The molecule has 0 unspecified atom stereocenters. The molecule has 1 saturated carbocycles. The second-order valence-electron chi connectivity index (χ2n) is 8.01. The zero-order valence-electron chi connectivity index (χ0n) is 15.6. The van der Waals surface area contributed by atoms with Crippen LogP contribution in [0.3, 0.4) is 0 Å². The van der Waals surface area contributed by atoms with Crippen molar-refractivity contribution in [1.82, 2.24) is 0 Å². The lowest BCUT2D eigenvalue weighted by Gasteiger charge is -2.49. The molecule has 4 atom stereocenters. The summed E-state index contributed by atoms with van der Waals surface area (Å²) in [5, 5.41) is 0. The quantitative estimate of drug-likeness (QED) is 0.679. The second-order valence-corrected chi connectivity index (χ2v) is 9.72. The maximum absolute atomic E-state index is 12.6. The number of ether oxygens (including phenoxy) is 2. The molecule has 0 amide bonds. The van der Waals surface area contributed by atoms with Crippen molar-refractivity contribution in [2.24, 2.45) is 11.8 Å². The minimum Gasteiger partial charge on any atom is -0.376 e. The van der Waals surface area contributed by atoms with Gasteiger partial charge in [0.15, 0.2) is 11.2 Å². The van der Waals surface area contributed by atoms with E-state index in [-0.39, 0.29) is 22.1 Å². The van der Waals surface area contributed by atoms with Crippen LogP contribution in [-0.2, 0) is 20.9 Å². The minimum absolute atomic E-state index is 0.105. The molecule has 2 fully saturated rings. The van der Waals surface area contributed by atoms with E-state index >= 15 is 0 Å². The van der Waals surface area contributed by atoms with Crippen molar-refractivity contribution in [1.29, 1.82) is 0 Å². The van der Waals surface area contributed by atoms with Gasteiger partial charge in [0.2, 0.25) is 0 Å². The third kappa shape index (κ3) is 4.87. The Morgan fingerprint density at radius 1 is 1.28 bits per heavy atom. The van der Waals surface area contributed by atoms with Crippen LogP contribution in [0.5, 0.6) is 0 Å². The van der Waals surface area contributed by atoms with E-state index in [9.17, 15) is 4.79 Å². The Bertz CT molecular complexity index is 572. The van der Waals surface area contributed by atoms with Crippen LogP contribution in [0.2, 0.25) is 0 Å². The molecular weight excluding hydrogens is 332 g/mol. The molecular formula is C21H30O3S. The van der Waals surface area contributed by atoms with Crippen LogP contribution in [0.1, 0.15) is 52.0 Å². The Morgan fingerprint density at radius 3 is 2.80 bits per heavy atom. The highest BCUT2D eigenvalue weighted by molar-refractivity contribution is 8.01. The minimum atomic E-state index is -0.332. The van der Waals surface area contributed by atoms with Crippen molar-refractivity contribution in [3.05, 3.63) is 35.9 Å². The number of ketones is 1. The molecule has 1 aliphatic heterocycles. The smallest absolute Gasteiger partial charge is 0.174 e. The highest BCUT2D eigenvalue weighted by atomic mass is 32.2. The van der Waals surface area contributed by atoms with Gasteiger partial charge in [0, 0.05) is 11.2 Å². The number of carbonyl (C=O) groups excluding carboxylic acids is 1. The van der Waals surface area contributed by atoms with Crippen molar-refractivity contribution >= 4 is 17.5 Å². The van der Waals surface area contributed by atoms with Gasteiger partial charge in [0.05, 0.1) is 19.3 Å². The number of carbonyl (C=O) groups is 1. The van der Waals surface area contributed by atoms with Crippen LogP contribution in [-0.4, -0.2) is 28.7 Å². The van der Waals surface area contributed by atoms with E-state index in [0.717, 1.165) is 12.0 Å². The summed E-state index contributed by atoms with van der Waals surface area (Å²) in [6.45, 7) is 7.86. The fourth-order valence-corrected chi connectivity index (χ4v) is 5.46. The molecule has 4 heteroatoms. The number of Topliss-reactive ketones (excluding diaryl/α,β-unsaturated/α-hetero) is 1. The van der Waals surface area contributed by atoms with Gasteiger partial charge in [-0.15, -0.1) is 11.8 Å². The summed E-state index contributed by atoms with van der Waals surface area (Å²) in [5.74, 6) is 1.43. The number of thioether (sulfide) groups is 1. The van der Waals surface area contributed by atoms with Gasteiger partial charge in [-0.3, -0.25) is 4.79 Å². The maximum Gasteiger partial charge on any atom is 0.174 e. The largest absolute Gasteiger partial charge is 0.376 e. The Balaban J connectivity index is 1.48. The predicted octanol–water partition coefficient (Wildman–Crippen LogP) is 4.84. The van der Waals surface area contributed by atoms with Crippen LogP contribution in [0, 0.1) is 11.8 Å². The summed E-state index contributed by atoms with van der Waals surface area (Å²) < 4.78 is 12.0. The number of fused-ring (bicyclic) bond motifs is 1. The first-order valence-electron chi connectivity index (χ1n) is 9.43. The van der Waals surface area contributed by atoms with Gasteiger partial charge in [-0.1, -0.05) is 57.5 Å². The van der Waals surface area contributed by atoms with Crippen molar-refractivity contribution in [2.45, 2.75) is 69.3 Å². The van der Waals surface area contributed by atoms with E-state index in [1.165, 1.54) is 12.8 Å². The van der Waals surface area contributed by atoms with E-state index in [0.29, 0.717) is 31.5 Å². The molecule has 1 aliphatic carbocycles. The molecule has 0 radical (unpaired) electrons. The highest BCUT2D eigenvalue weighted by Crippen LogP contribution is 2.50. The Kier molecular flexibility index (Phi) is 6.24. The standard InChI is InChI=1S/C21H30O3S/c1-15-9-10-17-19(13-15)24-20(25-21(17,2)3)18(22)11-12-23-14-16-7-5-4-6-8-16/h4-8,15,17,19-20H,9-14H2,1-3H3/t15-,17-,19-,20-/m1/s1. The SMILES string of the molecule is C[C@@H]1CC[C@@H]2[C@@H](C1)O[C@@H](C(=O)CCOCc1ccccc1)SC2(C)C. The predicted molar refractivity (Wildman–Crippen MR) is 103 cm³/mol. The molecule has 3 rings (SSSR count). The fourth-order valence-electron chi connectivity index (χ4n) is 4.02. The summed E-state index contributed by atoms with van der Waals surface area (Å²) in [7, 11) is 0. The second kappa shape index (κ2) is 8.24. The molecule has 3 nitrogen and oxygen atoms in total. The van der Waals surface area contributed by atoms with Gasteiger partial charge in [0.25, 0.3) is 0 Å². The molecule has 138 valence electrons. The summed E-state index contributed by atoms with van der Waals surface area (Å²) in [5.41, 5.74) is 0.806. The third-order valence-electron chi connectivity index (χ3n) is 5.52. The van der Waals surface area contributed by atoms with Gasteiger partial charge >= 0.3 is 0 Å². The molecule has 1 aromatic rings. The van der Waals surface area contributed by atoms with Gasteiger partial charge in [-0.05, 0) is 30.2 Å². The Labute approximate surface area is 155 Å². The van der Waals surface area contributed by atoms with E-state index in [1.54, 1.807) is 11.8 Å². The molecule has 0 N–H and O–H groups in total. The maximum atomic E-state index is 12.6. The van der Waals surface area contributed by atoms with Gasteiger partial charge in [-0.2, -0.15) is 0 Å². The first-order chi connectivity index (χ1) is 12.0. The van der Waals surface area contributed by atoms with Crippen molar-refractivity contribution in [3.63, 3.8) is 0 Å². The molecule has 2 aliphatic rings. The van der Waals surface area contributed by atoms with Crippen LogP contribution >= 0.6 is 11.8 Å². The lowest BCUT2D eigenvalue weighted by atomic mass is 9.75. The average Bonchev–Trinajstić information content (AvgIpc) is 2.58. The summed E-state index contributed by atoms with van der Waals surface area (Å²) in [6, 6.07) is 10.1. The normalized spacial score (nSPS) is 31.3.